The number of rotatable bonds is 5. The zero-order valence-corrected chi connectivity index (χ0v) is 12.8. The van der Waals surface area contributed by atoms with E-state index < -0.39 is 11.2 Å². The monoisotopic (exact) mass is 319 g/mol. The van der Waals surface area contributed by atoms with Crippen molar-refractivity contribution in [2.24, 2.45) is 5.73 Å². The van der Waals surface area contributed by atoms with Crippen molar-refractivity contribution in [1.29, 1.82) is 0 Å². The Balaban J connectivity index is 1.82. The molecule has 8 heteroatoms. The molecule has 2 heterocycles. The van der Waals surface area contributed by atoms with E-state index in [0.717, 1.165) is 18.4 Å². The maximum Gasteiger partial charge on any atom is 0.235 e. The van der Waals surface area contributed by atoms with Crippen LogP contribution in [0.4, 0.5) is 0 Å². The first-order valence-electron chi connectivity index (χ1n) is 7.12. The predicted molar refractivity (Wildman–Crippen MR) is 81.1 cm³/mol. The molecule has 1 amide bonds. The Morgan fingerprint density at radius 2 is 2.05 bits per heavy atom. The van der Waals surface area contributed by atoms with Crippen LogP contribution >= 0.6 is 11.8 Å². The maximum absolute atomic E-state index is 11.8. The number of primary amides is 1. The number of tetrazole rings is 1. The van der Waals surface area contributed by atoms with Gasteiger partial charge in [0.05, 0.1) is 6.04 Å². The van der Waals surface area contributed by atoms with Crippen molar-refractivity contribution in [3.8, 4) is 0 Å². The molecule has 1 atom stereocenters. The number of carbonyl (C=O) groups excluding carboxylic acids is 1. The second-order valence-corrected chi connectivity index (χ2v) is 6.13. The number of carbonyl (C=O) groups is 1. The summed E-state index contributed by atoms with van der Waals surface area (Å²) in [5.74, 6) is -0.405. The summed E-state index contributed by atoms with van der Waals surface area (Å²) in [4.78, 5) is 11.8. The quantitative estimate of drug-likeness (QED) is 0.836. The minimum Gasteiger partial charge on any atom is -0.381 e. The normalized spacial score (nSPS) is 17.3. The number of amides is 1. The van der Waals surface area contributed by atoms with Gasteiger partial charge in [-0.05, 0) is 28.8 Å². The highest BCUT2D eigenvalue weighted by molar-refractivity contribution is 8.00. The van der Waals surface area contributed by atoms with Crippen LogP contribution in [0.1, 0.15) is 29.7 Å². The summed E-state index contributed by atoms with van der Waals surface area (Å²) in [5.41, 5.74) is 6.40. The van der Waals surface area contributed by atoms with Gasteiger partial charge in [-0.2, -0.15) is 0 Å². The number of hydrogen-bond donors (Lipinski definition) is 1. The minimum atomic E-state index is -0.509. The van der Waals surface area contributed by atoms with Gasteiger partial charge in [-0.25, -0.2) is 4.68 Å². The highest BCUT2D eigenvalue weighted by Crippen LogP contribution is 2.35. The van der Waals surface area contributed by atoms with Gasteiger partial charge in [-0.1, -0.05) is 42.1 Å². The molecule has 1 aliphatic heterocycles. The third-order valence-corrected chi connectivity index (χ3v) is 4.80. The first-order valence-corrected chi connectivity index (χ1v) is 8.00. The van der Waals surface area contributed by atoms with Crippen LogP contribution < -0.4 is 5.73 Å². The highest BCUT2D eigenvalue weighted by Gasteiger charge is 2.26. The first-order chi connectivity index (χ1) is 10.8. The molecule has 1 aromatic carbocycles. The number of benzene rings is 1. The van der Waals surface area contributed by atoms with Crippen LogP contribution in [0.25, 0.3) is 0 Å². The number of nitrogens with zero attached hydrogens (tertiary/aromatic N) is 4. The molecular formula is C14H17N5O2S. The first kappa shape index (κ1) is 15.0. The van der Waals surface area contributed by atoms with Crippen molar-refractivity contribution in [3.05, 3.63) is 35.9 Å². The van der Waals surface area contributed by atoms with Crippen molar-refractivity contribution < 1.29 is 9.53 Å². The van der Waals surface area contributed by atoms with E-state index in [1.54, 1.807) is 4.68 Å². The molecular weight excluding hydrogens is 302 g/mol. The molecule has 0 spiro atoms. The van der Waals surface area contributed by atoms with Crippen molar-refractivity contribution in [3.63, 3.8) is 0 Å². The molecule has 0 aliphatic carbocycles. The molecule has 7 nitrogen and oxygen atoms in total. The third kappa shape index (κ3) is 3.28. The minimum absolute atomic E-state index is 0.204. The summed E-state index contributed by atoms with van der Waals surface area (Å²) < 4.78 is 7.15. The van der Waals surface area contributed by atoms with Crippen LogP contribution in [0, 0.1) is 0 Å². The van der Waals surface area contributed by atoms with Gasteiger partial charge in [0.1, 0.15) is 5.25 Å². The van der Waals surface area contributed by atoms with Crippen molar-refractivity contribution in [2.45, 2.75) is 29.3 Å². The van der Waals surface area contributed by atoms with Gasteiger partial charge in [0.2, 0.25) is 11.1 Å². The zero-order valence-electron chi connectivity index (χ0n) is 12.0. The second kappa shape index (κ2) is 6.89. The van der Waals surface area contributed by atoms with Crippen LogP contribution in [0.15, 0.2) is 35.5 Å². The summed E-state index contributed by atoms with van der Waals surface area (Å²) in [6, 6.07) is 9.63. The molecule has 2 N–H and O–H groups in total. The van der Waals surface area contributed by atoms with Gasteiger partial charge >= 0.3 is 0 Å². The third-order valence-electron chi connectivity index (χ3n) is 3.58. The van der Waals surface area contributed by atoms with Crippen molar-refractivity contribution in [2.75, 3.05) is 13.2 Å². The summed E-state index contributed by atoms with van der Waals surface area (Å²) in [6.07, 6.45) is 1.73. The zero-order chi connectivity index (χ0) is 15.4. The van der Waals surface area contributed by atoms with E-state index in [2.05, 4.69) is 15.5 Å². The molecule has 1 aromatic heterocycles. The average Bonchev–Trinajstić information content (AvgIpc) is 3.02. The van der Waals surface area contributed by atoms with Gasteiger partial charge in [-0.3, -0.25) is 4.79 Å². The lowest BCUT2D eigenvalue weighted by Crippen LogP contribution is -2.23. The SMILES string of the molecule is NC(=O)[C@@H](Sc1nnnn1C1CCOCC1)c1ccccc1. The summed E-state index contributed by atoms with van der Waals surface area (Å²) in [6.45, 7) is 1.40. The number of aromatic nitrogens is 4. The molecule has 22 heavy (non-hydrogen) atoms. The van der Waals surface area contributed by atoms with Crippen LogP contribution in [-0.4, -0.2) is 39.3 Å². The lowest BCUT2D eigenvalue weighted by atomic mass is 10.1. The topological polar surface area (TPSA) is 95.9 Å². The molecule has 2 aromatic rings. The Labute approximate surface area is 132 Å². The number of nitrogens with two attached hydrogens (primary N) is 1. The molecule has 3 rings (SSSR count). The fourth-order valence-electron chi connectivity index (χ4n) is 2.45. The second-order valence-electron chi connectivity index (χ2n) is 5.06. The Morgan fingerprint density at radius 3 is 2.73 bits per heavy atom. The van der Waals surface area contributed by atoms with Gasteiger partial charge in [0, 0.05) is 13.2 Å². The average molecular weight is 319 g/mol. The van der Waals surface area contributed by atoms with E-state index in [1.165, 1.54) is 11.8 Å². The van der Waals surface area contributed by atoms with Crippen LogP contribution in [0.5, 0.6) is 0 Å². The molecule has 0 unspecified atom stereocenters. The Hall–Kier alpha value is -1.93. The van der Waals surface area contributed by atoms with E-state index in [-0.39, 0.29) is 6.04 Å². The van der Waals surface area contributed by atoms with Crippen molar-refractivity contribution in [1.82, 2.24) is 20.2 Å². The maximum atomic E-state index is 11.8. The van der Waals surface area contributed by atoms with E-state index in [1.807, 2.05) is 30.3 Å². The summed E-state index contributed by atoms with van der Waals surface area (Å²) >= 11 is 1.29. The molecule has 0 saturated carbocycles. The Bertz CT molecular complexity index is 627. The van der Waals surface area contributed by atoms with Gasteiger partial charge in [0.25, 0.3) is 0 Å². The number of hydrogen-bond acceptors (Lipinski definition) is 6. The van der Waals surface area contributed by atoms with Crippen LogP contribution in [0.2, 0.25) is 0 Å². The molecule has 1 aliphatic rings. The number of ether oxygens (including phenoxy) is 1. The van der Waals surface area contributed by atoms with Crippen LogP contribution in [-0.2, 0) is 9.53 Å². The molecule has 116 valence electrons. The molecule has 1 fully saturated rings. The Morgan fingerprint density at radius 1 is 1.32 bits per heavy atom. The van der Waals surface area contributed by atoms with E-state index >= 15 is 0 Å². The molecule has 1 saturated heterocycles. The standard InChI is InChI=1S/C14H17N5O2S/c15-13(20)12(10-4-2-1-3-5-10)22-14-16-17-18-19(14)11-6-8-21-9-7-11/h1-5,11-12H,6-9H2,(H2,15,20)/t12-/m0/s1. The molecule has 0 bridgehead atoms. The van der Waals surface area contributed by atoms with E-state index in [4.69, 9.17) is 10.5 Å². The smallest absolute Gasteiger partial charge is 0.235 e. The lowest BCUT2D eigenvalue weighted by molar-refractivity contribution is -0.117. The van der Waals surface area contributed by atoms with Gasteiger partial charge < -0.3 is 10.5 Å². The summed E-state index contributed by atoms with van der Waals surface area (Å²) in [7, 11) is 0. The van der Waals surface area contributed by atoms with Crippen LogP contribution in [0.3, 0.4) is 0 Å². The predicted octanol–water partition coefficient (Wildman–Crippen LogP) is 1.34. The molecule has 0 radical (unpaired) electrons. The van der Waals surface area contributed by atoms with Gasteiger partial charge in [-0.15, -0.1) is 5.10 Å². The fraction of sp³-hybridized carbons (Fsp3) is 0.429. The largest absolute Gasteiger partial charge is 0.381 e. The lowest BCUT2D eigenvalue weighted by Gasteiger charge is -2.23. The van der Waals surface area contributed by atoms with Crippen molar-refractivity contribution >= 4 is 17.7 Å². The highest BCUT2D eigenvalue weighted by atomic mass is 32.2. The summed E-state index contributed by atoms with van der Waals surface area (Å²) in [5, 5.41) is 12.0. The Kier molecular flexibility index (Phi) is 4.69. The van der Waals surface area contributed by atoms with E-state index in [9.17, 15) is 4.79 Å². The number of thioether (sulfide) groups is 1. The van der Waals surface area contributed by atoms with Gasteiger partial charge in [0.15, 0.2) is 0 Å². The van der Waals surface area contributed by atoms with E-state index in [0.29, 0.717) is 18.4 Å². The fourth-order valence-corrected chi connectivity index (χ4v) is 3.44.